The van der Waals surface area contributed by atoms with Crippen LogP contribution in [0.1, 0.15) is 23.2 Å². The number of carbonyl (C=O) groups is 1. The van der Waals surface area contributed by atoms with E-state index in [9.17, 15) is 13.2 Å². The molecule has 1 fully saturated rings. The Morgan fingerprint density at radius 1 is 1.00 bits per heavy atom. The van der Waals surface area contributed by atoms with Crippen LogP contribution >= 0.6 is 0 Å². The number of aromatic nitrogens is 1. The van der Waals surface area contributed by atoms with Crippen molar-refractivity contribution in [3.05, 3.63) is 60.3 Å². The molecule has 8 nitrogen and oxygen atoms in total. The number of fused-ring (bicyclic) bond motifs is 1. The van der Waals surface area contributed by atoms with E-state index < -0.39 is 10.0 Å². The van der Waals surface area contributed by atoms with Crippen molar-refractivity contribution in [1.82, 2.24) is 15.0 Å². The van der Waals surface area contributed by atoms with Gasteiger partial charge in [-0.3, -0.25) is 4.79 Å². The normalized spacial score (nSPS) is 15.9. The first-order valence-corrected chi connectivity index (χ1v) is 11.8. The zero-order chi connectivity index (χ0) is 22.3. The molecule has 0 bridgehead atoms. The molecule has 5 rings (SSSR count). The fourth-order valence-electron chi connectivity index (χ4n) is 3.60. The first-order valence-electron chi connectivity index (χ1n) is 10.3. The van der Waals surface area contributed by atoms with Crippen LogP contribution in [0.15, 0.2) is 59.6 Å². The van der Waals surface area contributed by atoms with Gasteiger partial charge in [-0.2, -0.15) is 0 Å². The summed E-state index contributed by atoms with van der Waals surface area (Å²) in [5, 5.41) is 2.78. The molecule has 1 amide bonds. The highest BCUT2D eigenvalue weighted by Gasteiger charge is 2.28. The number of carbonyl (C=O) groups excluding carboxylic acids is 1. The Morgan fingerprint density at radius 2 is 1.75 bits per heavy atom. The van der Waals surface area contributed by atoms with Crippen molar-refractivity contribution < 1.29 is 17.9 Å². The largest absolute Gasteiger partial charge is 0.491 e. The first kappa shape index (κ1) is 20.5. The second-order valence-corrected chi connectivity index (χ2v) is 9.61. The molecule has 0 radical (unpaired) electrons. The van der Waals surface area contributed by atoms with E-state index in [1.54, 1.807) is 42.6 Å². The van der Waals surface area contributed by atoms with E-state index in [4.69, 9.17) is 10.5 Å². The van der Waals surface area contributed by atoms with Gasteiger partial charge in [-0.25, -0.2) is 18.1 Å². The van der Waals surface area contributed by atoms with Gasteiger partial charge in [0.05, 0.1) is 17.0 Å². The minimum Gasteiger partial charge on any atom is -0.491 e. The van der Waals surface area contributed by atoms with E-state index in [0.29, 0.717) is 35.8 Å². The van der Waals surface area contributed by atoms with Crippen LogP contribution in [0.4, 0.5) is 5.82 Å². The number of nitrogens with two attached hydrogens (primary N) is 1. The molecule has 164 valence electrons. The van der Waals surface area contributed by atoms with Crippen LogP contribution in [0.2, 0.25) is 0 Å². The molecule has 4 N–H and O–H groups in total. The average molecular weight is 451 g/mol. The number of hydrogen-bond donors (Lipinski definition) is 3. The number of nitrogens with one attached hydrogen (secondary N) is 2. The molecular formula is C23H22N4O4S. The van der Waals surface area contributed by atoms with Crippen molar-refractivity contribution in [3.8, 4) is 28.0 Å². The Hall–Kier alpha value is -3.43. The van der Waals surface area contributed by atoms with Crippen LogP contribution in [-0.2, 0) is 10.0 Å². The van der Waals surface area contributed by atoms with Crippen LogP contribution < -0.4 is 20.5 Å². The Morgan fingerprint density at radius 3 is 2.50 bits per heavy atom. The van der Waals surface area contributed by atoms with Crippen LogP contribution in [0.3, 0.4) is 0 Å². The van der Waals surface area contributed by atoms with Gasteiger partial charge in [0.2, 0.25) is 10.0 Å². The maximum Gasteiger partial charge on any atom is 0.255 e. The predicted molar refractivity (Wildman–Crippen MR) is 121 cm³/mol. The van der Waals surface area contributed by atoms with Gasteiger partial charge in [-0.1, -0.05) is 18.2 Å². The maximum absolute atomic E-state index is 12.4. The molecule has 0 spiro atoms. The third-order valence-corrected chi connectivity index (χ3v) is 7.03. The minimum atomic E-state index is -3.50. The number of amides is 1. The summed E-state index contributed by atoms with van der Waals surface area (Å²) in [6.07, 6.45) is 3.42. The third kappa shape index (κ3) is 4.04. The smallest absolute Gasteiger partial charge is 0.255 e. The highest BCUT2D eigenvalue weighted by molar-refractivity contribution is 7.89. The molecule has 32 heavy (non-hydrogen) atoms. The zero-order valence-corrected chi connectivity index (χ0v) is 18.0. The standard InChI is InChI=1S/C23H22N4O4S/c24-22-20(15-3-8-19-21(12-15)31-10-9-25-23(19)28)11-16(13-26-22)14-1-6-18(7-2-14)32(29,30)27-17-4-5-17/h1-3,6-8,11-13,17,27H,4-5,9-10H2,(H2,24,26)(H,25,28). The number of anilines is 1. The molecule has 1 aliphatic heterocycles. The summed E-state index contributed by atoms with van der Waals surface area (Å²) in [5.41, 5.74) is 9.71. The van der Waals surface area contributed by atoms with Crippen molar-refractivity contribution in [2.45, 2.75) is 23.8 Å². The Labute approximate surface area is 185 Å². The average Bonchev–Trinajstić information content (AvgIpc) is 3.61. The van der Waals surface area contributed by atoms with Gasteiger partial charge < -0.3 is 15.8 Å². The van der Waals surface area contributed by atoms with Gasteiger partial charge in [-0.15, -0.1) is 0 Å². The summed E-state index contributed by atoms with van der Waals surface area (Å²) in [5.74, 6) is 0.676. The van der Waals surface area contributed by atoms with Crippen molar-refractivity contribution >= 4 is 21.7 Å². The van der Waals surface area contributed by atoms with Crippen molar-refractivity contribution in [2.24, 2.45) is 0 Å². The van der Waals surface area contributed by atoms with Crippen LogP contribution in [0.25, 0.3) is 22.3 Å². The van der Waals surface area contributed by atoms with Crippen LogP contribution in [0.5, 0.6) is 5.75 Å². The highest BCUT2D eigenvalue weighted by Crippen LogP contribution is 2.34. The molecule has 2 heterocycles. The summed E-state index contributed by atoms with van der Waals surface area (Å²) in [6.45, 7) is 0.838. The van der Waals surface area contributed by atoms with Gasteiger partial charge in [-0.05, 0) is 54.3 Å². The van der Waals surface area contributed by atoms with Crippen LogP contribution in [0, 0.1) is 0 Å². The zero-order valence-electron chi connectivity index (χ0n) is 17.2. The molecule has 1 aliphatic carbocycles. The lowest BCUT2D eigenvalue weighted by Gasteiger charge is -2.12. The fraction of sp³-hybridized carbons (Fsp3) is 0.217. The summed E-state index contributed by atoms with van der Waals surface area (Å²) in [6, 6.07) is 13.9. The van der Waals surface area contributed by atoms with Crippen molar-refractivity contribution in [1.29, 1.82) is 0 Å². The number of nitrogens with zero attached hydrogens (tertiary/aromatic N) is 1. The maximum atomic E-state index is 12.4. The van der Waals surface area contributed by atoms with Gasteiger partial charge in [0, 0.05) is 23.4 Å². The van der Waals surface area contributed by atoms with E-state index in [1.165, 1.54) is 0 Å². The number of nitrogen functional groups attached to an aromatic ring is 1. The number of rotatable bonds is 5. The number of hydrogen-bond acceptors (Lipinski definition) is 6. The van der Waals surface area contributed by atoms with Gasteiger partial charge in [0.1, 0.15) is 18.2 Å². The first-order chi connectivity index (χ1) is 15.4. The summed E-state index contributed by atoms with van der Waals surface area (Å²) in [7, 11) is -3.50. The molecule has 9 heteroatoms. The lowest BCUT2D eigenvalue weighted by atomic mass is 9.99. The molecule has 1 saturated carbocycles. The van der Waals surface area contributed by atoms with Gasteiger partial charge in [0.15, 0.2) is 0 Å². The molecular weight excluding hydrogens is 428 g/mol. The predicted octanol–water partition coefficient (Wildman–Crippen LogP) is 2.56. The molecule has 0 unspecified atom stereocenters. The minimum absolute atomic E-state index is 0.0551. The van der Waals surface area contributed by atoms with E-state index in [0.717, 1.165) is 29.5 Å². The molecule has 2 aliphatic rings. The van der Waals surface area contributed by atoms with Crippen LogP contribution in [-0.4, -0.2) is 38.5 Å². The van der Waals surface area contributed by atoms with E-state index >= 15 is 0 Å². The number of sulfonamides is 1. The summed E-state index contributed by atoms with van der Waals surface area (Å²) >= 11 is 0. The monoisotopic (exact) mass is 450 g/mol. The second-order valence-electron chi connectivity index (χ2n) is 7.89. The molecule has 0 atom stereocenters. The van der Waals surface area contributed by atoms with E-state index in [-0.39, 0.29) is 16.8 Å². The van der Waals surface area contributed by atoms with Crippen molar-refractivity contribution in [3.63, 3.8) is 0 Å². The fourth-order valence-corrected chi connectivity index (χ4v) is 4.90. The van der Waals surface area contributed by atoms with Crippen molar-refractivity contribution in [2.75, 3.05) is 18.9 Å². The summed E-state index contributed by atoms with van der Waals surface area (Å²) in [4.78, 5) is 16.7. The van der Waals surface area contributed by atoms with E-state index in [1.807, 2.05) is 12.1 Å². The Bertz CT molecular complexity index is 1300. The van der Waals surface area contributed by atoms with Gasteiger partial charge in [0.25, 0.3) is 5.91 Å². The number of ether oxygens (including phenoxy) is 1. The number of pyridine rings is 1. The quantitative estimate of drug-likeness (QED) is 0.549. The molecule has 3 aromatic rings. The molecule has 2 aromatic carbocycles. The lowest BCUT2D eigenvalue weighted by molar-refractivity contribution is 0.0957. The topological polar surface area (TPSA) is 123 Å². The van der Waals surface area contributed by atoms with E-state index in [2.05, 4.69) is 15.0 Å². The van der Waals surface area contributed by atoms with Gasteiger partial charge >= 0.3 is 0 Å². The highest BCUT2D eigenvalue weighted by atomic mass is 32.2. The molecule has 0 saturated heterocycles. The third-order valence-electron chi connectivity index (χ3n) is 5.50. The second kappa shape index (κ2) is 7.92. The summed E-state index contributed by atoms with van der Waals surface area (Å²) < 4.78 is 33.2. The lowest BCUT2D eigenvalue weighted by Crippen LogP contribution is -2.25. The Kier molecular flexibility index (Phi) is 5.07. The number of benzene rings is 2. The molecule has 1 aromatic heterocycles. The Balaban J connectivity index is 1.47. The SMILES string of the molecule is Nc1ncc(-c2ccc(S(=O)(=O)NC3CC3)cc2)cc1-c1ccc2c(c1)OCCNC2=O.